The molecule has 0 saturated heterocycles. The number of hydrogen-bond acceptors (Lipinski definition) is 6. The standard InChI is InChI=1S/C16H14ClN3O4/c1-22-12-5-4-10(9-11(12)17)18-14(21)6-7-15-19-16(20-24-15)13-3-2-8-23-13/h2-5,8-9H,6-7H2,1H3,(H,18,21). The van der Waals surface area contributed by atoms with Gasteiger partial charge in [-0.15, -0.1) is 0 Å². The van der Waals surface area contributed by atoms with Crippen molar-refractivity contribution in [3.05, 3.63) is 47.5 Å². The summed E-state index contributed by atoms with van der Waals surface area (Å²) in [5, 5.41) is 6.99. The lowest BCUT2D eigenvalue weighted by Crippen LogP contribution is -2.12. The number of hydrogen-bond donors (Lipinski definition) is 1. The van der Waals surface area contributed by atoms with Gasteiger partial charge in [0.2, 0.25) is 17.6 Å². The zero-order valence-corrected chi connectivity index (χ0v) is 13.5. The molecule has 0 spiro atoms. The average molecular weight is 348 g/mol. The topological polar surface area (TPSA) is 90.4 Å². The van der Waals surface area contributed by atoms with E-state index >= 15 is 0 Å². The Morgan fingerprint density at radius 1 is 1.38 bits per heavy atom. The summed E-state index contributed by atoms with van der Waals surface area (Å²) in [5.74, 6) is 1.60. The Morgan fingerprint density at radius 2 is 2.25 bits per heavy atom. The molecule has 0 aliphatic rings. The number of furan rings is 1. The van der Waals surface area contributed by atoms with Crippen molar-refractivity contribution in [2.24, 2.45) is 0 Å². The lowest BCUT2D eigenvalue weighted by atomic mass is 10.2. The number of rotatable bonds is 6. The van der Waals surface area contributed by atoms with Crippen LogP contribution in [-0.4, -0.2) is 23.2 Å². The highest BCUT2D eigenvalue weighted by atomic mass is 35.5. The average Bonchev–Trinajstić information content (AvgIpc) is 3.24. The third kappa shape index (κ3) is 3.75. The van der Waals surface area contributed by atoms with Crippen LogP contribution in [0.4, 0.5) is 5.69 Å². The largest absolute Gasteiger partial charge is 0.495 e. The molecule has 1 N–H and O–H groups in total. The van der Waals surface area contributed by atoms with Crippen LogP contribution in [0.1, 0.15) is 12.3 Å². The first-order valence-electron chi connectivity index (χ1n) is 7.15. The van der Waals surface area contributed by atoms with E-state index in [-0.39, 0.29) is 12.3 Å². The van der Waals surface area contributed by atoms with E-state index in [1.54, 1.807) is 30.3 Å². The van der Waals surface area contributed by atoms with E-state index in [1.165, 1.54) is 13.4 Å². The van der Waals surface area contributed by atoms with Crippen LogP contribution in [0.3, 0.4) is 0 Å². The van der Waals surface area contributed by atoms with E-state index in [0.717, 1.165) is 0 Å². The molecule has 0 fully saturated rings. The summed E-state index contributed by atoms with van der Waals surface area (Å²) in [6.45, 7) is 0. The highest BCUT2D eigenvalue weighted by Crippen LogP contribution is 2.27. The monoisotopic (exact) mass is 347 g/mol. The number of carbonyl (C=O) groups is 1. The van der Waals surface area contributed by atoms with Crippen LogP contribution in [0.5, 0.6) is 5.75 Å². The van der Waals surface area contributed by atoms with Gasteiger partial charge in [0, 0.05) is 18.5 Å². The Hall–Kier alpha value is -2.80. The predicted molar refractivity (Wildman–Crippen MR) is 87.0 cm³/mol. The molecule has 3 rings (SSSR count). The maximum atomic E-state index is 12.0. The number of halogens is 1. The normalized spacial score (nSPS) is 10.6. The zero-order chi connectivity index (χ0) is 16.9. The number of nitrogens with one attached hydrogen (secondary N) is 1. The second-order valence-electron chi connectivity index (χ2n) is 4.89. The highest BCUT2D eigenvalue weighted by Gasteiger charge is 2.12. The lowest BCUT2D eigenvalue weighted by molar-refractivity contribution is -0.116. The summed E-state index contributed by atoms with van der Waals surface area (Å²) < 4.78 is 15.3. The van der Waals surface area contributed by atoms with Crippen molar-refractivity contribution in [2.75, 3.05) is 12.4 Å². The van der Waals surface area contributed by atoms with Gasteiger partial charge in [-0.2, -0.15) is 4.98 Å². The molecule has 2 heterocycles. The van der Waals surface area contributed by atoms with E-state index in [2.05, 4.69) is 15.5 Å². The molecule has 24 heavy (non-hydrogen) atoms. The van der Waals surface area contributed by atoms with Crippen molar-refractivity contribution >= 4 is 23.2 Å². The summed E-state index contributed by atoms with van der Waals surface area (Å²) in [5.41, 5.74) is 0.590. The smallest absolute Gasteiger partial charge is 0.238 e. The van der Waals surface area contributed by atoms with Crippen LogP contribution in [0, 0.1) is 0 Å². The second-order valence-corrected chi connectivity index (χ2v) is 5.29. The molecular formula is C16H14ClN3O4. The fraction of sp³-hybridized carbons (Fsp3) is 0.188. The van der Waals surface area contributed by atoms with Crippen LogP contribution >= 0.6 is 11.6 Å². The van der Waals surface area contributed by atoms with E-state index in [9.17, 15) is 4.79 Å². The van der Waals surface area contributed by atoms with Gasteiger partial charge < -0.3 is 19.0 Å². The van der Waals surface area contributed by atoms with Crippen LogP contribution in [0.25, 0.3) is 11.6 Å². The molecule has 0 bridgehead atoms. The summed E-state index contributed by atoms with van der Waals surface area (Å²) in [4.78, 5) is 16.2. The van der Waals surface area contributed by atoms with Crippen LogP contribution in [-0.2, 0) is 11.2 Å². The number of amides is 1. The lowest BCUT2D eigenvalue weighted by Gasteiger charge is -2.07. The minimum atomic E-state index is -0.186. The van der Waals surface area contributed by atoms with Gasteiger partial charge in [0.25, 0.3) is 0 Å². The van der Waals surface area contributed by atoms with E-state index < -0.39 is 0 Å². The Labute approximate surface area is 142 Å². The number of carbonyl (C=O) groups excluding carboxylic acids is 1. The van der Waals surface area contributed by atoms with Crippen molar-refractivity contribution in [3.8, 4) is 17.3 Å². The van der Waals surface area contributed by atoms with Gasteiger partial charge in [-0.25, -0.2) is 0 Å². The van der Waals surface area contributed by atoms with Crippen LogP contribution in [0.2, 0.25) is 5.02 Å². The molecule has 0 radical (unpaired) electrons. The number of anilines is 1. The predicted octanol–water partition coefficient (Wildman–Crippen LogP) is 3.56. The van der Waals surface area contributed by atoms with Crippen LogP contribution < -0.4 is 10.1 Å². The number of aromatic nitrogens is 2. The van der Waals surface area contributed by atoms with E-state index in [4.69, 9.17) is 25.3 Å². The third-order valence-electron chi connectivity index (χ3n) is 3.21. The highest BCUT2D eigenvalue weighted by molar-refractivity contribution is 6.32. The number of methoxy groups -OCH3 is 1. The number of nitrogens with zero attached hydrogens (tertiary/aromatic N) is 2. The molecule has 0 unspecified atom stereocenters. The van der Waals surface area contributed by atoms with Gasteiger partial charge >= 0.3 is 0 Å². The fourth-order valence-electron chi connectivity index (χ4n) is 2.05. The molecule has 0 aliphatic heterocycles. The molecule has 1 amide bonds. The van der Waals surface area contributed by atoms with Crippen molar-refractivity contribution in [1.29, 1.82) is 0 Å². The molecular weight excluding hydrogens is 334 g/mol. The van der Waals surface area contributed by atoms with Crippen molar-refractivity contribution in [3.63, 3.8) is 0 Å². The molecule has 7 nitrogen and oxygen atoms in total. The van der Waals surface area contributed by atoms with Crippen molar-refractivity contribution < 1.29 is 18.5 Å². The SMILES string of the molecule is COc1ccc(NC(=O)CCc2nc(-c3ccco3)no2)cc1Cl. The van der Waals surface area contributed by atoms with Gasteiger partial charge in [-0.1, -0.05) is 16.8 Å². The van der Waals surface area contributed by atoms with Crippen molar-refractivity contribution in [1.82, 2.24) is 10.1 Å². The summed E-state index contributed by atoms with van der Waals surface area (Å²) in [6, 6.07) is 8.49. The molecule has 0 atom stereocenters. The van der Waals surface area contributed by atoms with Gasteiger partial charge in [0.15, 0.2) is 5.76 Å². The summed E-state index contributed by atoms with van der Waals surface area (Å²) in [7, 11) is 1.53. The summed E-state index contributed by atoms with van der Waals surface area (Å²) >= 11 is 6.02. The van der Waals surface area contributed by atoms with Gasteiger partial charge in [0.1, 0.15) is 5.75 Å². The molecule has 0 aliphatic carbocycles. The number of ether oxygens (including phenoxy) is 1. The first-order chi connectivity index (χ1) is 11.7. The Balaban J connectivity index is 1.55. The third-order valence-corrected chi connectivity index (χ3v) is 3.51. The van der Waals surface area contributed by atoms with Crippen LogP contribution in [0.15, 0.2) is 45.5 Å². The maximum absolute atomic E-state index is 12.0. The molecule has 0 saturated carbocycles. The zero-order valence-electron chi connectivity index (χ0n) is 12.8. The molecule has 8 heteroatoms. The Morgan fingerprint density at radius 3 is 2.96 bits per heavy atom. The second kappa shape index (κ2) is 7.18. The van der Waals surface area contributed by atoms with E-state index in [0.29, 0.717) is 40.4 Å². The first kappa shape index (κ1) is 16.1. The minimum Gasteiger partial charge on any atom is -0.495 e. The number of aryl methyl sites for hydroxylation is 1. The maximum Gasteiger partial charge on any atom is 0.238 e. The molecule has 3 aromatic rings. The van der Waals surface area contributed by atoms with Crippen molar-refractivity contribution in [2.45, 2.75) is 12.8 Å². The molecule has 2 aromatic heterocycles. The first-order valence-corrected chi connectivity index (χ1v) is 7.53. The quantitative estimate of drug-likeness (QED) is 0.733. The molecule has 124 valence electrons. The molecule has 1 aromatic carbocycles. The van der Waals surface area contributed by atoms with Gasteiger partial charge in [-0.3, -0.25) is 4.79 Å². The van der Waals surface area contributed by atoms with Gasteiger partial charge in [0.05, 0.1) is 18.4 Å². The minimum absolute atomic E-state index is 0.186. The summed E-state index contributed by atoms with van der Waals surface area (Å²) in [6.07, 6.45) is 2.05. The van der Waals surface area contributed by atoms with Gasteiger partial charge in [-0.05, 0) is 30.3 Å². The Bertz CT molecular complexity index is 830. The number of benzene rings is 1. The van der Waals surface area contributed by atoms with E-state index in [1.807, 2.05) is 0 Å². The Kier molecular flexibility index (Phi) is 4.81. The fourth-order valence-corrected chi connectivity index (χ4v) is 2.31.